The molecule has 2 nitrogen and oxygen atoms in total. The number of para-hydroxylation sites is 1. The summed E-state index contributed by atoms with van der Waals surface area (Å²) in [5, 5.41) is 3.45. The van der Waals surface area contributed by atoms with Crippen molar-refractivity contribution >= 4 is 11.8 Å². The highest BCUT2D eigenvalue weighted by Crippen LogP contribution is 2.25. The number of benzene rings is 2. The summed E-state index contributed by atoms with van der Waals surface area (Å²) in [5.74, 6) is 0.909. The molecule has 0 atom stereocenters. The van der Waals surface area contributed by atoms with Gasteiger partial charge in [-0.15, -0.1) is 0 Å². The minimum absolute atomic E-state index is 0.816. The SMILES string of the molecule is COc1ccccc1/C=C/CNc1ccc2c(c1)CCC2. The average molecular weight is 279 g/mol. The lowest BCUT2D eigenvalue weighted by atomic mass is 10.1. The minimum atomic E-state index is 0.816. The van der Waals surface area contributed by atoms with Crippen molar-refractivity contribution in [2.45, 2.75) is 19.3 Å². The minimum Gasteiger partial charge on any atom is -0.496 e. The molecule has 2 aromatic carbocycles. The van der Waals surface area contributed by atoms with Gasteiger partial charge >= 0.3 is 0 Å². The number of fused-ring (bicyclic) bond motifs is 1. The summed E-state index contributed by atoms with van der Waals surface area (Å²) >= 11 is 0. The zero-order valence-electron chi connectivity index (χ0n) is 12.4. The number of aryl methyl sites for hydroxylation is 2. The lowest BCUT2D eigenvalue weighted by Gasteiger charge is -2.07. The third kappa shape index (κ3) is 3.27. The van der Waals surface area contributed by atoms with Crippen molar-refractivity contribution in [2.75, 3.05) is 19.0 Å². The summed E-state index contributed by atoms with van der Waals surface area (Å²) in [4.78, 5) is 0. The van der Waals surface area contributed by atoms with E-state index in [-0.39, 0.29) is 0 Å². The molecular weight excluding hydrogens is 258 g/mol. The van der Waals surface area contributed by atoms with E-state index in [0.29, 0.717) is 0 Å². The zero-order valence-corrected chi connectivity index (χ0v) is 12.4. The molecule has 0 bridgehead atoms. The van der Waals surface area contributed by atoms with Gasteiger partial charge in [0, 0.05) is 17.8 Å². The molecule has 0 heterocycles. The van der Waals surface area contributed by atoms with E-state index in [1.54, 1.807) is 7.11 Å². The molecule has 0 amide bonds. The van der Waals surface area contributed by atoms with Gasteiger partial charge in [0.05, 0.1) is 7.11 Å². The van der Waals surface area contributed by atoms with E-state index in [4.69, 9.17) is 4.74 Å². The smallest absolute Gasteiger partial charge is 0.126 e. The molecule has 108 valence electrons. The highest BCUT2D eigenvalue weighted by atomic mass is 16.5. The first kappa shape index (κ1) is 13.7. The third-order valence-corrected chi connectivity index (χ3v) is 3.96. The summed E-state index contributed by atoms with van der Waals surface area (Å²) < 4.78 is 5.34. The first-order valence-corrected chi connectivity index (χ1v) is 7.52. The van der Waals surface area contributed by atoms with Crippen LogP contribution in [0.25, 0.3) is 6.08 Å². The van der Waals surface area contributed by atoms with Crippen molar-refractivity contribution in [3.05, 3.63) is 65.2 Å². The fourth-order valence-corrected chi connectivity index (χ4v) is 2.85. The Kier molecular flexibility index (Phi) is 4.25. The van der Waals surface area contributed by atoms with Crippen LogP contribution in [0.15, 0.2) is 48.5 Å². The maximum absolute atomic E-state index is 5.34. The fraction of sp³-hybridized carbons (Fsp3) is 0.263. The Morgan fingerprint density at radius 1 is 1.10 bits per heavy atom. The molecule has 3 rings (SSSR count). The number of anilines is 1. The van der Waals surface area contributed by atoms with Gasteiger partial charge in [0.25, 0.3) is 0 Å². The van der Waals surface area contributed by atoms with Crippen molar-refractivity contribution in [1.29, 1.82) is 0 Å². The van der Waals surface area contributed by atoms with Crippen molar-refractivity contribution in [2.24, 2.45) is 0 Å². The van der Waals surface area contributed by atoms with Crippen LogP contribution in [-0.4, -0.2) is 13.7 Å². The Hall–Kier alpha value is -2.22. The molecule has 0 fully saturated rings. The molecule has 1 N–H and O–H groups in total. The standard InChI is InChI=1S/C19H21NO/c1-21-19-10-3-2-6-16(19)9-5-13-20-18-12-11-15-7-4-8-17(15)14-18/h2-3,5-6,9-12,14,20H,4,7-8,13H2,1H3/b9-5+. The molecule has 0 saturated heterocycles. The predicted molar refractivity (Wildman–Crippen MR) is 89.0 cm³/mol. The van der Waals surface area contributed by atoms with Gasteiger partial charge in [0.2, 0.25) is 0 Å². The second-order valence-corrected chi connectivity index (χ2v) is 5.36. The van der Waals surface area contributed by atoms with E-state index < -0.39 is 0 Å². The Morgan fingerprint density at radius 2 is 1.95 bits per heavy atom. The van der Waals surface area contributed by atoms with Gasteiger partial charge in [-0.25, -0.2) is 0 Å². The van der Waals surface area contributed by atoms with Gasteiger partial charge in [-0.3, -0.25) is 0 Å². The van der Waals surface area contributed by atoms with Crippen LogP contribution in [0.5, 0.6) is 5.75 Å². The normalized spacial score (nSPS) is 13.4. The maximum atomic E-state index is 5.34. The van der Waals surface area contributed by atoms with Crippen molar-refractivity contribution in [3.8, 4) is 5.75 Å². The van der Waals surface area contributed by atoms with Gasteiger partial charge in [-0.05, 0) is 48.6 Å². The number of ether oxygens (including phenoxy) is 1. The van der Waals surface area contributed by atoms with Crippen LogP contribution in [0.2, 0.25) is 0 Å². The van der Waals surface area contributed by atoms with Crippen LogP contribution in [0.1, 0.15) is 23.1 Å². The summed E-state index contributed by atoms with van der Waals surface area (Å²) in [5.41, 5.74) is 5.34. The van der Waals surface area contributed by atoms with Crippen LogP contribution in [0.4, 0.5) is 5.69 Å². The fourth-order valence-electron chi connectivity index (χ4n) is 2.85. The molecule has 2 heteroatoms. The van der Waals surface area contributed by atoms with E-state index in [0.717, 1.165) is 17.9 Å². The van der Waals surface area contributed by atoms with Crippen molar-refractivity contribution in [1.82, 2.24) is 0 Å². The van der Waals surface area contributed by atoms with Crippen LogP contribution >= 0.6 is 0 Å². The van der Waals surface area contributed by atoms with Gasteiger partial charge in [0.15, 0.2) is 0 Å². The van der Waals surface area contributed by atoms with Gasteiger partial charge in [0.1, 0.15) is 5.75 Å². The molecule has 0 aromatic heterocycles. The van der Waals surface area contributed by atoms with E-state index in [1.165, 1.54) is 36.1 Å². The zero-order chi connectivity index (χ0) is 14.5. The summed E-state index contributed by atoms with van der Waals surface area (Å²) in [6.07, 6.45) is 7.99. The summed E-state index contributed by atoms with van der Waals surface area (Å²) in [7, 11) is 1.70. The molecular formula is C19H21NO. The molecule has 1 aliphatic rings. The molecule has 1 aliphatic carbocycles. The largest absolute Gasteiger partial charge is 0.496 e. The molecule has 21 heavy (non-hydrogen) atoms. The molecule has 0 aliphatic heterocycles. The van der Waals surface area contributed by atoms with E-state index in [2.05, 4.69) is 41.7 Å². The summed E-state index contributed by atoms with van der Waals surface area (Å²) in [6, 6.07) is 14.8. The van der Waals surface area contributed by atoms with Crippen LogP contribution in [0, 0.1) is 0 Å². The Labute approximate surface area is 126 Å². The lowest BCUT2D eigenvalue weighted by molar-refractivity contribution is 0.414. The molecule has 2 aromatic rings. The predicted octanol–water partition coefficient (Wildman–Crippen LogP) is 4.31. The number of methoxy groups -OCH3 is 1. The monoisotopic (exact) mass is 279 g/mol. The molecule has 0 saturated carbocycles. The second kappa shape index (κ2) is 6.49. The van der Waals surface area contributed by atoms with Crippen LogP contribution in [-0.2, 0) is 12.8 Å². The van der Waals surface area contributed by atoms with Gasteiger partial charge in [-0.1, -0.05) is 36.4 Å². The van der Waals surface area contributed by atoms with Gasteiger partial charge < -0.3 is 10.1 Å². The average Bonchev–Trinajstić information content (AvgIpc) is 2.99. The number of rotatable bonds is 5. The van der Waals surface area contributed by atoms with Crippen LogP contribution in [0.3, 0.4) is 0 Å². The number of hydrogen-bond acceptors (Lipinski definition) is 2. The van der Waals surface area contributed by atoms with E-state index in [1.807, 2.05) is 18.2 Å². The first-order chi connectivity index (χ1) is 10.4. The van der Waals surface area contributed by atoms with Crippen molar-refractivity contribution in [3.63, 3.8) is 0 Å². The molecule has 0 spiro atoms. The van der Waals surface area contributed by atoms with Crippen molar-refractivity contribution < 1.29 is 4.74 Å². The summed E-state index contributed by atoms with van der Waals surface area (Å²) in [6.45, 7) is 0.816. The van der Waals surface area contributed by atoms with Crippen LogP contribution < -0.4 is 10.1 Å². The Bertz CT molecular complexity index is 646. The first-order valence-electron chi connectivity index (χ1n) is 7.52. The third-order valence-electron chi connectivity index (χ3n) is 3.96. The number of nitrogens with one attached hydrogen (secondary N) is 1. The van der Waals surface area contributed by atoms with Gasteiger partial charge in [-0.2, -0.15) is 0 Å². The highest BCUT2D eigenvalue weighted by molar-refractivity contribution is 5.58. The quantitative estimate of drug-likeness (QED) is 0.880. The number of hydrogen-bond donors (Lipinski definition) is 1. The Balaban J connectivity index is 1.59. The molecule has 0 radical (unpaired) electrons. The Morgan fingerprint density at radius 3 is 2.86 bits per heavy atom. The van der Waals surface area contributed by atoms with E-state index in [9.17, 15) is 0 Å². The maximum Gasteiger partial charge on any atom is 0.126 e. The second-order valence-electron chi connectivity index (χ2n) is 5.36. The topological polar surface area (TPSA) is 21.3 Å². The van der Waals surface area contributed by atoms with E-state index >= 15 is 0 Å². The highest BCUT2D eigenvalue weighted by Gasteiger charge is 2.10. The molecule has 0 unspecified atom stereocenters. The lowest BCUT2D eigenvalue weighted by Crippen LogP contribution is -1.99.